The van der Waals surface area contributed by atoms with Crippen LogP contribution in [-0.2, 0) is 11.3 Å². The van der Waals surface area contributed by atoms with Crippen molar-refractivity contribution in [2.24, 2.45) is 0 Å². The fourth-order valence-electron chi connectivity index (χ4n) is 2.99. The average molecular weight is 402 g/mol. The minimum Gasteiger partial charge on any atom is -0.493 e. The van der Waals surface area contributed by atoms with Crippen LogP contribution in [0.15, 0.2) is 48.5 Å². The van der Waals surface area contributed by atoms with Gasteiger partial charge in [0.2, 0.25) is 5.91 Å². The normalized spacial score (nSPS) is 13.2. The van der Waals surface area contributed by atoms with Gasteiger partial charge in [-0.15, -0.1) is 0 Å². The molecule has 0 aliphatic carbocycles. The number of benzene rings is 2. The summed E-state index contributed by atoms with van der Waals surface area (Å²) in [4.78, 5) is 26.0. The maximum atomic E-state index is 12.2. The Morgan fingerprint density at radius 1 is 1.07 bits per heavy atom. The molecule has 1 heterocycles. The minimum absolute atomic E-state index is 0.0724. The molecule has 3 rings (SSSR count). The first-order valence-electron chi connectivity index (χ1n) is 9.40. The van der Waals surface area contributed by atoms with Gasteiger partial charge in [0.1, 0.15) is 5.75 Å². The molecule has 0 saturated carbocycles. The summed E-state index contributed by atoms with van der Waals surface area (Å²) in [5.74, 6) is 0.537. The van der Waals surface area contributed by atoms with Crippen molar-refractivity contribution in [3.05, 3.63) is 59.1 Å². The number of amides is 3. The Labute approximate surface area is 169 Å². The van der Waals surface area contributed by atoms with Gasteiger partial charge in [0.15, 0.2) is 0 Å². The van der Waals surface area contributed by atoms with Crippen LogP contribution in [0.3, 0.4) is 0 Å². The number of carbonyl (C=O) groups is 2. The van der Waals surface area contributed by atoms with E-state index in [9.17, 15) is 9.59 Å². The highest BCUT2D eigenvalue weighted by Crippen LogP contribution is 2.17. The first kappa shape index (κ1) is 20.0. The molecule has 7 heteroatoms. The second kappa shape index (κ2) is 9.99. The number of likely N-dealkylation sites (tertiary alicyclic amines) is 1. The summed E-state index contributed by atoms with van der Waals surface area (Å²) >= 11 is 5.90. The summed E-state index contributed by atoms with van der Waals surface area (Å²) in [6.07, 6.45) is 2.36. The molecular formula is C21H24ClN3O3. The highest BCUT2D eigenvalue weighted by Gasteiger charge is 2.17. The largest absolute Gasteiger partial charge is 0.493 e. The maximum absolute atomic E-state index is 12.2. The van der Waals surface area contributed by atoms with E-state index in [0.717, 1.165) is 37.2 Å². The summed E-state index contributed by atoms with van der Waals surface area (Å²) in [6, 6.07) is 14.5. The van der Waals surface area contributed by atoms with Crippen molar-refractivity contribution >= 4 is 29.2 Å². The monoisotopic (exact) mass is 401 g/mol. The number of carbonyl (C=O) groups excluding carboxylic acids is 2. The van der Waals surface area contributed by atoms with Crippen molar-refractivity contribution in [3.63, 3.8) is 0 Å². The van der Waals surface area contributed by atoms with Gasteiger partial charge in [-0.2, -0.15) is 0 Å². The number of rotatable bonds is 7. The van der Waals surface area contributed by atoms with Crippen molar-refractivity contribution in [2.75, 3.05) is 25.0 Å². The summed E-state index contributed by atoms with van der Waals surface area (Å²) in [7, 11) is 0. The first-order valence-corrected chi connectivity index (χ1v) is 9.78. The van der Waals surface area contributed by atoms with E-state index < -0.39 is 0 Å². The van der Waals surface area contributed by atoms with Crippen LogP contribution in [0, 0.1) is 0 Å². The Bertz CT molecular complexity index is 822. The molecule has 2 aromatic rings. The first-order chi connectivity index (χ1) is 13.6. The molecule has 0 unspecified atom stereocenters. The van der Waals surface area contributed by atoms with E-state index in [1.807, 2.05) is 29.2 Å². The Balaban J connectivity index is 1.41. The molecule has 1 aliphatic heterocycles. The molecule has 148 valence electrons. The molecular weight excluding hydrogens is 378 g/mol. The summed E-state index contributed by atoms with van der Waals surface area (Å²) in [6.45, 7) is 2.28. The molecule has 2 N–H and O–H groups in total. The number of ether oxygens (including phenoxy) is 1. The minimum atomic E-state index is -0.103. The van der Waals surface area contributed by atoms with Crippen molar-refractivity contribution in [1.82, 2.24) is 10.2 Å². The van der Waals surface area contributed by atoms with E-state index in [1.54, 1.807) is 24.3 Å². The number of hydrogen-bond acceptors (Lipinski definition) is 3. The highest BCUT2D eigenvalue weighted by molar-refractivity contribution is 6.30. The highest BCUT2D eigenvalue weighted by atomic mass is 35.5. The lowest BCUT2D eigenvalue weighted by atomic mass is 10.2. The molecule has 1 aliphatic rings. The standard InChI is InChI=1S/C21H24ClN3O3/c22-17-6-4-8-19(14-17)28-12-9-20(26)23-15-16-5-3-7-18(13-16)24-21(27)25-10-1-2-11-25/h3-8,13-14H,1-2,9-12,15H2,(H,23,26)(H,24,27). The van der Waals surface area contributed by atoms with Crippen molar-refractivity contribution in [1.29, 1.82) is 0 Å². The molecule has 28 heavy (non-hydrogen) atoms. The third-order valence-corrected chi connectivity index (χ3v) is 4.69. The summed E-state index contributed by atoms with van der Waals surface area (Å²) in [5.41, 5.74) is 1.65. The number of hydrogen-bond donors (Lipinski definition) is 2. The van der Waals surface area contributed by atoms with Gasteiger partial charge in [0.05, 0.1) is 13.0 Å². The van der Waals surface area contributed by atoms with Crippen LogP contribution >= 0.6 is 11.6 Å². The van der Waals surface area contributed by atoms with Gasteiger partial charge in [-0.1, -0.05) is 29.8 Å². The molecule has 0 bridgehead atoms. The number of nitrogens with zero attached hydrogens (tertiary/aromatic N) is 1. The van der Waals surface area contributed by atoms with Gasteiger partial charge in [-0.3, -0.25) is 4.79 Å². The van der Waals surface area contributed by atoms with E-state index in [0.29, 0.717) is 17.3 Å². The van der Waals surface area contributed by atoms with Gasteiger partial charge in [-0.25, -0.2) is 4.79 Å². The fourth-order valence-corrected chi connectivity index (χ4v) is 3.17. The quantitative estimate of drug-likeness (QED) is 0.735. The van der Waals surface area contributed by atoms with Gasteiger partial charge in [0, 0.05) is 30.3 Å². The van der Waals surface area contributed by atoms with E-state index >= 15 is 0 Å². The zero-order valence-electron chi connectivity index (χ0n) is 15.6. The molecule has 1 saturated heterocycles. The lowest BCUT2D eigenvalue weighted by Crippen LogP contribution is -2.32. The number of anilines is 1. The van der Waals surface area contributed by atoms with E-state index in [4.69, 9.17) is 16.3 Å². The van der Waals surface area contributed by atoms with Crippen LogP contribution in [0.2, 0.25) is 5.02 Å². The molecule has 0 aromatic heterocycles. The SMILES string of the molecule is O=C(CCOc1cccc(Cl)c1)NCc1cccc(NC(=O)N2CCCC2)c1. The average Bonchev–Trinajstić information content (AvgIpc) is 3.22. The van der Waals surface area contributed by atoms with Gasteiger partial charge >= 0.3 is 6.03 Å². The number of nitrogens with one attached hydrogen (secondary N) is 2. The number of urea groups is 1. The van der Waals surface area contributed by atoms with Gasteiger partial charge < -0.3 is 20.3 Å². The predicted octanol–water partition coefficient (Wildman–Crippen LogP) is 4.05. The van der Waals surface area contributed by atoms with Gasteiger partial charge in [-0.05, 0) is 48.7 Å². The van der Waals surface area contributed by atoms with Gasteiger partial charge in [0.25, 0.3) is 0 Å². The third kappa shape index (κ3) is 6.16. The molecule has 0 spiro atoms. The van der Waals surface area contributed by atoms with E-state index in [-0.39, 0.29) is 25.0 Å². The smallest absolute Gasteiger partial charge is 0.321 e. The zero-order valence-corrected chi connectivity index (χ0v) is 16.4. The third-order valence-electron chi connectivity index (χ3n) is 4.46. The lowest BCUT2D eigenvalue weighted by molar-refractivity contribution is -0.121. The topological polar surface area (TPSA) is 70.7 Å². The van der Waals surface area contributed by atoms with E-state index in [1.165, 1.54) is 0 Å². The Hall–Kier alpha value is -2.73. The lowest BCUT2D eigenvalue weighted by Gasteiger charge is -2.16. The zero-order chi connectivity index (χ0) is 19.8. The molecule has 1 fully saturated rings. The van der Waals surface area contributed by atoms with Crippen molar-refractivity contribution in [3.8, 4) is 5.75 Å². The predicted molar refractivity (Wildman–Crippen MR) is 110 cm³/mol. The number of halogens is 1. The molecule has 6 nitrogen and oxygen atoms in total. The van der Waals surface area contributed by atoms with Crippen molar-refractivity contribution < 1.29 is 14.3 Å². The van der Waals surface area contributed by atoms with Crippen LogP contribution in [0.4, 0.5) is 10.5 Å². The molecule has 2 aromatic carbocycles. The van der Waals surface area contributed by atoms with Crippen LogP contribution < -0.4 is 15.4 Å². The molecule has 0 radical (unpaired) electrons. The summed E-state index contributed by atoms with van der Waals surface area (Å²) < 4.78 is 5.52. The van der Waals surface area contributed by atoms with Crippen LogP contribution in [-0.4, -0.2) is 36.5 Å². The Morgan fingerprint density at radius 2 is 1.86 bits per heavy atom. The molecule has 3 amide bonds. The van der Waals surface area contributed by atoms with Crippen LogP contribution in [0.1, 0.15) is 24.8 Å². The summed E-state index contributed by atoms with van der Waals surface area (Å²) in [5, 5.41) is 6.37. The second-order valence-corrected chi connectivity index (χ2v) is 7.09. The fraction of sp³-hybridized carbons (Fsp3) is 0.333. The van der Waals surface area contributed by atoms with Crippen molar-refractivity contribution in [2.45, 2.75) is 25.8 Å². The Morgan fingerprint density at radius 3 is 2.64 bits per heavy atom. The van der Waals surface area contributed by atoms with Crippen LogP contribution in [0.25, 0.3) is 0 Å². The second-order valence-electron chi connectivity index (χ2n) is 6.66. The Kier molecular flexibility index (Phi) is 7.14. The van der Waals surface area contributed by atoms with Crippen LogP contribution in [0.5, 0.6) is 5.75 Å². The molecule has 0 atom stereocenters. The van der Waals surface area contributed by atoms with E-state index in [2.05, 4.69) is 10.6 Å². The maximum Gasteiger partial charge on any atom is 0.321 e.